The molecule has 29 heavy (non-hydrogen) atoms. The third-order valence-corrected chi connectivity index (χ3v) is 5.78. The summed E-state index contributed by atoms with van der Waals surface area (Å²) in [5, 5.41) is 5.99. The maximum absolute atomic E-state index is 12.9. The second-order valence-electron chi connectivity index (χ2n) is 6.89. The first kappa shape index (κ1) is 19.8. The lowest BCUT2D eigenvalue weighted by atomic mass is 10.1. The van der Waals surface area contributed by atoms with Gasteiger partial charge in [0.05, 0.1) is 18.1 Å². The lowest BCUT2D eigenvalue weighted by Gasteiger charge is -2.26. The molecule has 152 valence electrons. The zero-order chi connectivity index (χ0) is 20.1. The zero-order valence-corrected chi connectivity index (χ0v) is 17.2. The van der Waals surface area contributed by atoms with Gasteiger partial charge < -0.3 is 14.2 Å². The molecule has 1 fully saturated rings. The third-order valence-electron chi connectivity index (χ3n) is 4.92. The monoisotopic (exact) mass is 412 g/mol. The van der Waals surface area contributed by atoms with Gasteiger partial charge in [-0.2, -0.15) is 4.98 Å². The number of amides is 1. The van der Waals surface area contributed by atoms with Crippen molar-refractivity contribution in [3.05, 3.63) is 58.8 Å². The molecule has 4 rings (SSSR count). The van der Waals surface area contributed by atoms with Gasteiger partial charge >= 0.3 is 0 Å². The van der Waals surface area contributed by atoms with Crippen LogP contribution < -0.4 is 0 Å². The van der Waals surface area contributed by atoms with Gasteiger partial charge in [0, 0.05) is 31.7 Å². The second kappa shape index (κ2) is 9.30. The van der Waals surface area contributed by atoms with Crippen molar-refractivity contribution in [2.75, 3.05) is 32.8 Å². The summed E-state index contributed by atoms with van der Waals surface area (Å²) in [6.07, 6.45) is 0. The van der Waals surface area contributed by atoms with Gasteiger partial charge in [0.15, 0.2) is 0 Å². The third kappa shape index (κ3) is 4.90. The smallest absolute Gasteiger partial charge is 0.254 e. The highest BCUT2D eigenvalue weighted by Crippen LogP contribution is 2.22. The van der Waals surface area contributed by atoms with Crippen molar-refractivity contribution in [1.29, 1.82) is 0 Å². The van der Waals surface area contributed by atoms with Crippen molar-refractivity contribution < 1.29 is 14.1 Å². The van der Waals surface area contributed by atoms with Crippen LogP contribution in [0.5, 0.6) is 0 Å². The molecule has 1 aliphatic heterocycles. The molecule has 7 nitrogen and oxygen atoms in total. The Kier molecular flexibility index (Phi) is 6.33. The Morgan fingerprint density at radius 3 is 2.69 bits per heavy atom. The minimum absolute atomic E-state index is 0.0405. The first-order valence-corrected chi connectivity index (χ1v) is 10.7. The van der Waals surface area contributed by atoms with Gasteiger partial charge in [0.25, 0.3) is 5.91 Å². The van der Waals surface area contributed by atoms with Crippen molar-refractivity contribution in [3.63, 3.8) is 0 Å². The summed E-state index contributed by atoms with van der Waals surface area (Å²) in [6.45, 7) is 7.14. The van der Waals surface area contributed by atoms with Crippen LogP contribution in [0.1, 0.15) is 28.7 Å². The standard InChI is InChI=1S/C21H24N4O3S/c1-2-25(15-19-22-20(23-28-19)18-4-3-13-29-18)21(26)17-7-5-16(6-8-17)14-24-9-11-27-12-10-24/h3-8,13H,2,9-12,14-15H2,1H3. The first-order chi connectivity index (χ1) is 14.2. The summed E-state index contributed by atoms with van der Waals surface area (Å²) in [6, 6.07) is 11.7. The molecule has 0 atom stereocenters. The Morgan fingerprint density at radius 1 is 1.21 bits per heavy atom. The van der Waals surface area contributed by atoms with Crippen molar-refractivity contribution in [2.45, 2.75) is 20.0 Å². The Balaban J connectivity index is 1.39. The number of thiophene rings is 1. The summed E-state index contributed by atoms with van der Waals surface area (Å²) in [7, 11) is 0. The van der Waals surface area contributed by atoms with E-state index >= 15 is 0 Å². The van der Waals surface area contributed by atoms with Crippen LogP contribution >= 0.6 is 11.3 Å². The number of carbonyl (C=O) groups is 1. The molecule has 0 bridgehead atoms. The molecule has 0 saturated carbocycles. The topological polar surface area (TPSA) is 71.7 Å². The fourth-order valence-corrected chi connectivity index (χ4v) is 3.92. The van der Waals surface area contributed by atoms with Gasteiger partial charge in [-0.3, -0.25) is 9.69 Å². The molecule has 1 aromatic carbocycles. The lowest BCUT2D eigenvalue weighted by Crippen LogP contribution is -2.35. The molecule has 1 aliphatic rings. The highest BCUT2D eigenvalue weighted by Gasteiger charge is 2.19. The van der Waals surface area contributed by atoms with E-state index in [9.17, 15) is 4.79 Å². The Morgan fingerprint density at radius 2 is 2.00 bits per heavy atom. The molecular formula is C21H24N4O3S. The Labute approximate surface area is 173 Å². The number of nitrogens with zero attached hydrogens (tertiary/aromatic N) is 4. The minimum Gasteiger partial charge on any atom is -0.379 e. The first-order valence-electron chi connectivity index (χ1n) is 9.77. The minimum atomic E-state index is -0.0405. The predicted molar refractivity (Wildman–Crippen MR) is 111 cm³/mol. The van der Waals surface area contributed by atoms with E-state index in [0.29, 0.717) is 30.4 Å². The summed E-state index contributed by atoms with van der Waals surface area (Å²) in [5.41, 5.74) is 1.86. The second-order valence-corrected chi connectivity index (χ2v) is 7.84. The lowest BCUT2D eigenvalue weighted by molar-refractivity contribution is 0.0342. The number of hydrogen-bond acceptors (Lipinski definition) is 7. The molecule has 0 unspecified atom stereocenters. The average molecular weight is 413 g/mol. The van der Waals surface area contributed by atoms with Crippen LogP contribution in [-0.4, -0.2) is 58.7 Å². The summed E-state index contributed by atoms with van der Waals surface area (Å²) in [4.78, 5) is 22.4. The summed E-state index contributed by atoms with van der Waals surface area (Å²) < 4.78 is 10.7. The number of morpholine rings is 1. The molecular weight excluding hydrogens is 388 g/mol. The molecule has 8 heteroatoms. The molecule has 0 spiro atoms. The van der Waals surface area contributed by atoms with Crippen LogP contribution in [0.3, 0.4) is 0 Å². The predicted octanol–water partition coefficient (Wildman–Crippen LogP) is 3.29. The van der Waals surface area contributed by atoms with Crippen LogP contribution in [0, 0.1) is 0 Å². The van der Waals surface area contributed by atoms with Crippen molar-refractivity contribution in [1.82, 2.24) is 19.9 Å². The highest BCUT2D eigenvalue weighted by molar-refractivity contribution is 7.13. The molecule has 2 aromatic heterocycles. The number of hydrogen-bond donors (Lipinski definition) is 0. The van der Waals surface area contributed by atoms with Gasteiger partial charge in [-0.05, 0) is 36.1 Å². The molecule has 1 amide bonds. The zero-order valence-electron chi connectivity index (χ0n) is 16.4. The van der Waals surface area contributed by atoms with Gasteiger partial charge in [-0.15, -0.1) is 11.3 Å². The van der Waals surface area contributed by atoms with E-state index < -0.39 is 0 Å². The van der Waals surface area contributed by atoms with Crippen LogP contribution in [0.25, 0.3) is 10.7 Å². The van der Waals surface area contributed by atoms with E-state index in [1.807, 2.05) is 48.7 Å². The fraction of sp³-hybridized carbons (Fsp3) is 0.381. The SMILES string of the molecule is CCN(Cc1nc(-c2cccs2)no1)C(=O)c1ccc(CN2CCOCC2)cc1. The average Bonchev–Trinajstić information content (AvgIpc) is 3.45. The van der Waals surface area contributed by atoms with E-state index in [4.69, 9.17) is 9.26 Å². The van der Waals surface area contributed by atoms with Crippen molar-refractivity contribution >= 4 is 17.2 Å². The van der Waals surface area contributed by atoms with Gasteiger partial charge in [0.2, 0.25) is 11.7 Å². The van der Waals surface area contributed by atoms with E-state index in [1.54, 1.807) is 16.2 Å². The summed E-state index contributed by atoms with van der Waals surface area (Å²) in [5.74, 6) is 0.958. The van der Waals surface area contributed by atoms with Crippen LogP contribution in [-0.2, 0) is 17.8 Å². The van der Waals surface area contributed by atoms with Crippen LogP contribution in [0.4, 0.5) is 0 Å². The van der Waals surface area contributed by atoms with Crippen LogP contribution in [0.15, 0.2) is 46.3 Å². The molecule has 0 N–H and O–H groups in total. The maximum Gasteiger partial charge on any atom is 0.254 e. The molecule has 0 radical (unpaired) electrons. The fourth-order valence-electron chi connectivity index (χ4n) is 3.27. The number of ether oxygens (including phenoxy) is 1. The van der Waals surface area contributed by atoms with Gasteiger partial charge in [0.1, 0.15) is 6.54 Å². The van der Waals surface area contributed by atoms with Crippen LogP contribution in [0.2, 0.25) is 0 Å². The van der Waals surface area contributed by atoms with Gasteiger partial charge in [-0.25, -0.2) is 0 Å². The summed E-state index contributed by atoms with van der Waals surface area (Å²) >= 11 is 1.55. The number of benzene rings is 1. The number of aromatic nitrogens is 2. The van der Waals surface area contributed by atoms with E-state index in [0.717, 1.165) is 37.7 Å². The maximum atomic E-state index is 12.9. The quantitative estimate of drug-likeness (QED) is 0.593. The Bertz CT molecular complexity index is 918. The normalized spacial score (nSPS) is 14.8. The Hall–Kier alpha value is -2.55. The number of rotatable bonds is 7. The van der Waals surface area contributed by atoms with Crippen molar-refractivity contribution in [3.8, 4) is 10.7 Å². The molecule has 3 heterocycles. The van der Waals surface area contributed by atoms with E-state index in [1.165, 1.54) is 5.56 Å². The molecule has 0 aliphatic carbocycles. The largest absolute Gasteiger partial charge is 0.379 e. The molecule has 3 aromatic rings. The van der Waals surface area contributed by atoms with Gasteiger partial charge in [-0.1, -0.05) is 23.4 Å². The van der Waals surface area contributed by atoms with Crippen molar-refractivity contribution in [2.24, 2.45) is 0 Å². The van der Waals surface area contributed by atoms with E-state index in [-0.39, 0.29) is 5.91 Å². The molecule has 1 saturated heterocycles. The number of carbonyl (C=O) groups excluding carboxylic acids is 1. The van der Waals surface area contributed by atoms with E-state index in [2.05, 4.69) is 15.0 Å². The highest BCUT2D eigenvalue weighted by atomic mass is 32.1.